The van der Waals surface area contributed by atoms with Crippen molar-refractivity contribution >= 4 is 35.9 Å². The SMILES string of the molecule is Cc1ncc([N+](=O)[O-])n1CCO.O.O=C1[O][Bi][O]c2ccccc21. The van der Waals surface area contributed by atoms with Crippen molar-refractivity contribution in [2.75, 3.05) is 6.61 Å². The molecule has 1 aromatic heterocycles. The minimum absolute atomic E-state index is 0. The molecule has 0 atom stereocenters. The zero-order valence-corrected chi connectivity index (χ0v) is 16.1. The van der Waals surface area contributed by atoms with Crippen molar-refractivity contribution in [3.05, 3.63) is 52.0 Å². The molecule has 1 radical (unpaired) electrons. The van der Waals surface area contributed by atoms with E-state index in [-0.39, 0.29) is 30.4 Å². The van der Waals surface area contributed by atoms with Gasteiger partial charge >= 0.3 is 81.9 Å². The summed E-state index contributed by atoms with van der Waals surface area (Å²) in [6, 6.07) is 7.14. The topological polar surface area (TPSA) is 148 Å². The molecular weight excluding hydrogens is 519 g/mol. The standard InChI is InChI=1S/C7H6O3.C6H9N3O3.Bi.H2O/c8-6-4-2-1-3-5(6)7(9)10;1-5-7-4-6(9(11)12)8(5)2-3-10;;/h1-4,8H,(H,9,10);4,10H,2-3H2,1H3;;1H2/q;;+2;/p-2. The van der Waals surface area contributed by atoms with E-state index in [9.17, 15) is 14.9 Å². The predicted molar refractivity (Wildman–Crippen MR) is 82.6 cm³/mol. The van der Waals surface area contributed by atoms with Crippen LogP contribution < -0.4 is 2.81 Å². The fourth-order valence-corrected chi connectivity index (χ4v) is 3.56. The molecule has 129 valence electrons. The Morgan fingerprint density at radius 2 is 2.08 bits per heavy atom. The molecule has 0 fully saturated rings. The molecule has 2 heterocycles. The first-order chi connectivity index (χ1) is 11.0. The number of hydrogen-bond acceptors (Lipinski definition) is 7. The molecule has 1 aliphatic heterocycles. The van der Waals surface area contributed by atoms with Gasteiger partial charge in [-0.05, 0) is 4.92 Å². The van der Waals surface area contributed by atoms with Gasteiger partial charge in [-0.1, -0.05) is 0 Å². The van der Waals surface area contributed by atoms with E-state index in [1.54, 1.807) is 25.1 Å². The number of imidazole rings is 1. The van der Waals surface area contributed by atoms with E-state index in [1.165, 1.54) is 10.8 Å². The number of rotatable bonds is 3. The number of carbonyl (C=O) groups is 1. The summed E-state index contributed by atoms with van der Waals surface area (Å²) in [5, 5.41) is 19.0. The first-order valence-corrected chi connectivity index (χ1v) is 9.33. The third kappa shape index (κ3) is 4.70. The van der Waals surface area contributed by atoms with E-state index in [1.807, 2.05) is 6.07 Å². The molecule has 0 aliphatic carbocycles. The van der Waals surface area contributed by atoms with Crippen LogP contribution in [0.5, 0.6) is 5.75 Å². The number of nitrogens with zero attached hydrogens (tertiary/aromatic N) is 3. The summed E-state index contributed by atoms with van der Waals surface area (Å²) in [7, 11) is 0. The summed E-state index contributed by atoms with van der Waals surface area (Å²) in [5.41, 5.74) is 0.544. The summed E-state index contributed by atoms with van der Waals surface area (Å²) in [6.45, 7) is 1.74. The van der Waals surface area contributed by atoms with E-state index < -0.39 is 29.0 Å². The molecule has 0 bridgehead atoms. The van der Waals surface area contributed by atoms with E-state index in [0.29, 0.717) is 17.1 Å². The zero-order chi connectivity index (χ0) is 16.8. The predicted octanol–water partition coefficient (Wildman–Crippen LogP) is 0.0373. The van der Waals surface area contributed by atoms with Crippen molar-refractivity contribution in [3.63, 3.8) is 0 Å². The molecule has 11 heteroatoms. The molecule has 10 nitrogen and oxygen atoms in total. The van der Waals surface area contributed by atoms with Crippen molar-refractivity contribution in [1.82, 2.24) is 9.55 Å². The summed E-state index contributed by atoms with van der Waals surface area (Å²) >= 11 is -1.43. The molecule has 0 unspecified atom stereocenters. The van der Waals surface area contributed by atoms with Crippen LogP contribution in [-0.4, -0.2) is 61.7 Å². The van der Waals surface area contributed by atoms with Gasteiger partial charge in [0, 0.05) is 6.92 Å². The number of aryl methyl sites for hydroxylation is 1. The van der Waals surface area contributed by atoms with Gasteiger partial charge in [0.1, 0.15) is 12.7 Å². The molecule has 1 aliphatic rings. The van der Waals surface area contributed by atoms with Crippen LogP contribution in [0.2, 0.25) is 0 Å². The molecule has 3 rings (SSSR count). The summed E-state index contributed by atoms with van der Waals surface area (Å²) < 4.78 is 11.4. The minimum atomic E-state index is -1.43. The number of benzene rings is 1. The molecule has 2 aromatic rings. The van der Waals surface area contributed by atoms with Crippen LogP contribution in [0.25, 0.3) is 0 Å². The molecule has 0 saturated heterocycles. The van der Waals surface area contributed by atoms with Crippen molar-refractivity contribution in [2.45, 2.75) is 13.5 Å². The fraction of sp³-hybridized carbons (Fsp3) is 0.231. The maximum atomic E-state index is 11.0. The Kier molecular flexibility index (Phi) is 7.70. The molecule has 0 amide bonds. The third-order valence-corrected chi connectivity index (χ3v) is 4.90. The van der Waals surface area contributed by atoms with Gasteiger partial charge in [0.05, 0.1) is 6.61 Å². The van der Waals surface area contributed by atoms with Crippen LogP contribution in [0.3, 0.4) is 0 Å². The van der Waals surface area contributed by atoms with Crippen LogP contribution in [0, 0.1) is 17.0 Å². The summed E-state index contributed by atoms with van der Waals surface area (Å²) in [5.74, 6) is 0.904. The first-order valence-electron chi connectivity index (χ1n) is 6.49. The number of fused-ring (bicyclic) bond motifs is 1. The van der Waals surface area contributed by atoms with E-state index in [2.05, 4.69) is 4.98 Å². The molecule has 3 N–H and O–H groups in total. The van der Waals surface area contributed by atoms with E-state index in [0.717, 1.165) is 0 Å². The second-order valence-corrected chi connectivity index (χ2v) is 6.34. The average Bonchev–Trinajstić information content (AvgIpc) is 2.90. The van der Waals surface area contributed by atoms with Gasteiger partial charge in [-0.2, -0.15) is 0 Å². The molecule has 0 spiro atoms. The molecule has 24 heavy (non-hydrogen) atoms. The Labute approximate surface area is 149 Å². The second kappa shape index (κ2) is 9.26. The number of aliphatic hydroxyl groups is 1. The Balaban J connectivity index is 0.000000231. The van der Waals surface area contributed by atoms with Gasteiger partial charge in [0.25, 0.3) is 0 Å². The van der Waals surface area contributed by atoms with Crippen LogP contribution >= 0.6 is 0 Å². The van der Waals surface area contributed by atoms with E-state index in [4.69, 9.17) is 10.7 Å². The van der Waals surface area contributed by atoms with E-state index >= 15 is 0 Å². The van der Waals surface area contributed by atoms with Crippen molar-refractivity contribution in [3.8, 4) is 5.75 Å². The Morgan fingerprint density at radius 3 is 2.71 bits per heavy atom. The van der Waals surface area contributed by atoms with Crippen molar-refractivity contribution in [1.29, 1.82) is 0 Å². The van der Waals surface area contributed by atoms with Crippen LogP contribution in [-0.2, 0) is 9.36 Å². The molecular formula is C13H15BiN3O7. The van der Waals surface area contributed by atoms with Crippen LogP contribution in [0.1, 0.15) is 16.2 Å². The van der Waals surface area contributed by atoms with Crippen LogP contribution in [0.4, 0.5) is 5.82 Å². The Morgan fingerprint density at radius 1 is 1.38 bits per heavy atom. The third-order valence-electron chi connectivity index (χ3n) is 2.91. The Bertz CT molecular complexity index is 719. The van der Waals surface area contributed by atoms with Gasteiger partial charge in [0.15, 0.2) is 5.82 Å². The average molecular weight is 534 g/mol. The number of para-hydroxylation sites is 1. The number of carbonyl (C=O) groups excluding carboxylic acids is 1. The quantitative estimate of drug-likeness (QED) is 0.332. The van der Waals surface area contributed by atoms with Crippen molar-refractivity contribution < 1.29 is 25.9 Å². The van der Waals surface area contributed by atoms with Gasteiger partial charge in [0.2, 0.25) is 0 Å². The summed E-state index contributed by atoms with van der Waals surface area (Å²) in [4.78, 5) is 24.6. The normalized spacial score (nSPS) is 11.8. The second-order valence-electron chi connectivity index (χ2n) is 4.34. The summed E-state index contributed by atoms with van der Waals surface area (Å²) in [6.07, 6.45) is 1.19. The number of aliphatic hydroxyl groups excluding tert-OH is 1. The number of nitro groups is 1. The van der Waals surface area contributed by atoms with Gasteiger partial charge in [-0.15, -0.1) is 0 Å². The van der Waals surface area contributed by atoms with Crippen molar-refractivity contribution in [2.24, 2.45) is 0 Å². The molecule has 0 saturated carbocycles. The number of aromatic nitrogens is 2. The monoisotopic (exact) mass is 534 g/mol. The van der Waals surface area contributed by atoms with Gasteiger partial charge in [-0.25, -0.2) is 9.55 Å². The Hall–Kier alpha value is -2.10. The zero-order valence-electron chi connectivity index (χ0n) is 12.6. The molecule has 1 aromatic carbocycles. The first kappa shape index (κ1) is 19.9. The van der Waals surface area contributed by atoms with Gasteiger partial charge in [-0.3, -0.25) is 0 Å². The van der Waals surface area contributed by atoms with Gasteiger partial charge < -0.3 is 20.7 Å². The fourth-order valence-electron chi connectivity index (χ4n) is 1.84. The van der Waals surface area contributed by atoms with Crippen LogP contribution in [0.15, 0.2) is 30.5 Å². The maximum absolute atomic E-state index is 11.0. The number of hydrogen-bond donors (Lipinski definition) is 1.